The molecular formula is C16H27N3O2. The van der Waals surface area contributed by atoms with Gasteiger partial charge in [-0.15, -0.1) is 0 Å². The molecule has 0 aliphatic carbocycles. The van der Waals surface area contributed by atoms with E-state index in [9.17, 15) is 0 Å². The molecule has 1 aliphatic heterocycles. The van der Waals surface area contributed by atoms with Crippen molar-refractivity contribution in [2.45, 2.75) is 51.7 Å². The number of pyridine rings is 1. The van der Waals surface area contributed by atoms with Crippen LogP contribution in [0.15, 0.2) is 12.1 Å². The molecule has 2 heterocycles. The van der Waals surface area contributed by atoms with Gasteiger partial charge < -0.3 is 20.1 Å². The molecule has 1 atom stereocenters. The topological polar surface area (TPSA) is 60.6 Å². The zero-order valence-electron chi connectivity index (χ0n) is 13.6. The summed E-state index contributed by atoms with van der Waals surface area (Å²) < 4.78 is 11.6. The predicted molar refractivity (Wildman–Crippen MR) is 85.9 cm³/mol. The van der Waals surface area contributed by atoms with Crippen LogP contribution in [0.4, 0.5) is 11.5 Å². The van der Waals surface area contributed by atoms with Crippen LogP contribution in [0.5, 0.6) is 5.88 Å². The Kier molecular flexibility index (Phi) is 4.93. The van der Waals surface area contributed by atoms with Crippen LogP contribution in [0.25, 0.3) is 0 Å². The second-order valence-corrected chi connectivity index (χ2v) is 6.65. The molecule has 0 saturated carbocycles. The van der Waals surface area contributed by atoms with Crippen molar-refractivity contribution in [1.82, 2.24) is 4.98 Å². The molecule has 0 radical (unpaired) electrons. The molecule has 5 nitrogen and oxygen atoms in total. The van der Waals surface area contributed by atoms with Crippen LogP contribution in [0, 0.1) is 0 Å². The molecule has 118 valence electrons. The van der Waals surface area contributed by atoms with Gasteiger partial charge in [0, 0.05) is 20.2 Å². The van der Waals surface area contributed by atoms with E-state index in [1.54, 1.807) is 0 Å². The molecule has 1 aromatic heterocycles. The first-order valence-electron chi connectivity index (χ1n) is 7.63. The Labute approximate surface area is 127 Å². The molecule has 1 saturated heterocycles. The van der Waals surface area contributed by atoms with E-state index < -0.39 is 0 Å². The van der Waals surface area contributed by atoms with E-state index in [1.807, 2.05) is 40.0 Å². The standard InChI is InChI=1S/C16H27N3O2/c1-16(2,3)21-15-13(17)8-9-14(18-15)19(4)11-12-7-5-6-10-20-12/h8-9,12H,5-7,10-11,17H2,1-4H3. The Balaban J connectivity index is 2.06. The van der Waals surface area contributed by atoms with Gasteiger partial charge in [0.05, 0.1) is 11.8 Å². The van der Waals surface area contributed by atoms with Gasteiger partial charge in [0.25, 0.3) is 0 Å². The van der Waals surface area contributed by atoms with E-state index in [4.69, 9.17) is 15.2 Å². The third-order valence-electron chi connectivity index (χ3n) is 3.42. The van der Waals surface area contributed by atoms with Crippen molar-refractivity contribution in [1.29, 1.82) is 0 Å². The molecule has 1 aromatic rings. The van der Waals surface area contributed by atoms with Crippen LogP contribution >= 0.6 is 0 Å². The number of hydrogen-bond donors (Lipinski definition) is 1. The van der Waals surface area contributed by atoms with Crippen molar-refractivity contribution in [3.8, 4) is 5.88 Å². The van der Waals surface area contributed by atoms with Gasteiger partial charge in [-0.2, -0.15) is 4.98 Å². The molecule has 0 spiro atoms. The molecule has 2 rings (SSSR count). The Morgan fingerprint density at radius 2 is 2.14 bits per heavy atom. The number of likely N-dealkylation sites (N-methyl/N-ethyl adjacent to an activating group) is 1. The highest BCUT2D eigenvalue weighted by atomic mass is 16.5. The summed E-state index contributed by atoms with van der Waals surface area (Å²) in [6.45, 7) is 7.67. The smallest absolute Gasteiger partial charge is 0.239 e. The lowest BCUT2D eigenvalue weighted by Crippen LogP contribution is -2.34. The van der Waals surface area contributed by atoms with Gasteiger partial charge in [-0.1, -0.05) is 0 Å². The first-order valence-corrected chi connectivity index (χ1v) is 7.63. The van der Waals surface area contributed by atoms with Crippen molar-refractivity contribution in [3.05, 3.63) is 12.1 Å². The second-order valence-electron chi connectivity index (χ2n) is 6.65. The van der Waals surface area contributed by atoms with Gasteiger partial charge in [0.2, 0.25) is 5.88 Å². The quantitative estimate of drug-likeness (QED) is 0.925. The van der Waals surface area contributed by atoms with Gasteiger partial charge in [-0.25, -0.2) is 0 Å². The number of ether oxygens (including phenoxy) is 2. The van der Waals surface area contributed by atoms with E-state index in [-0.39, 0.29) is 11.7 Å². The highest BCUT2D eigenvalue weighted by molar-refractivity contribution is 5.54. The molecule has 21 heavy (non-hydrogen) atoms. The number of anilines is 2. The zero-order valence-corrected chi connectivity index (χ0v) is 13.6. The molecule has 1 fully saturated rings. The fraction of sp³-hybridized carbons (Fsp3) is 0.688. The van der Waals surface area contributed by atoms with Crippen molar-refractivity contribution >= 4 is 11.5 Å². The Morgan fingerprint density at radius 3 is 2.76 bits per heavy atom. The number of nitrogen functional groups attached to an aromatic ring is 1. The lowest BCUT2D eigenvalue weighted by atomic mass is 10.1. The van der Waals surface area contributed by atoms with Crippen LogP contribution in [-0.2, 0) is 4.74 Å². The van der Waals surface area contributed by atoms with E-state index in [1.165, 1.54) is 12.8 Å². The van der Waals surface area contributed by atoms with Gasteiger partial charge in [0.15, 0.2) is 0 Å². The summed E-state index contributed by atoms with van der Waals surface area (Å²) in [6, 6.07) is 3.77. The van der Waals surface area contributed by atoms with Crippen molar-refractivity contribution in [3.63, 3.8) is 0 Å². The fourth-order valence-electron chi connectivity index (χ4n) is 2.38. The Bertz CT molecular complexity index is 465. The van der Waals surface area contributed by atoms with Crippen LogP contribution in [-0.4, -0.2) is 36.9 Å². The average molecular weight is 293 g/mol. The Morgan fingerprint density at radius 1 is 1.38 bits per heavy atom. The fourth-order valence-corrected chi connectivity index (χ4v) is 2.38. The molecule has 1 unspecified atom stereocenters. The van der Waals surface area contributed by atoms with Crippen molar-refractivity contribution < 1.29 is 9.47 Å². The third-order valence-corrected chi connectivity index (χ3v) is 3.42. The van der Waals surface area contributed by atoms with Crippen molar-refractivity contribution in [2.24, 2.45) is 0 Å². The predicted octanol–water partition coefficient (Wildman–Crippen LogP) is 2.85. The van der Waals surface area contributed by atoms with Gasteiger partial charge in [-0.05, 0) is 52.2 Å². The highest BCUT2D eigenvalue weighted by Crippen LogP contribution is 2.26. The first kappa shape index (κ1) is 15.9. The summed E-state index contributed by atoms with van der Waals surface area (Å²) in [5.41, 5.74) is 6.20. The number of nitrogens with zero attached hydrogens (tertiary/aromatic N) is 2. The van der Waals surface area contributed by atoms with Crippen LogP contribution in [0.1, 0.15) is 40.0 Å². The summed E-state index contributed by atoms with van der Waals surface area (Å²) in [7, 11) is 2.03. The largest absolute Gasteiger partial charge is 0.470 e. The maximum atomic E-state index is 5.95. The minimum Gasteiger partial charge on any atom is -0.470 e. The first-order chi connectivity index (χ1) is 9.85. The zero-order chi connectivity index (χ0) is 15.5. The van der Waals surface area contributed by atoms with E-state index in [2.05, 4.69) is 9.88 Å². The van der Waals surface area contributed by atoms with E-state index in [0.29, 0.717) is 11.6 Å². The number of hydrogen-bond acceptors (Lipinski definition) is 5. The second kappa shape index (κ2) is 6.52. The summed E-state index contributed by atoms with van der Waals surface area (Å²) in [5.74, 6) is 1.36. The molecular weight excluding hydrogens is 266 g/mol. The SMILES string of the molecule is CN(CC1CCCCO1)c1ccc(N)c(OC(C)(C)C)n1. The van der Waals surface area contributed by atoms with Gasteiger partial charge >= 0.3 is 0 Å². The van der Waals surface area contributed by atoms with E-state index >= 15 is 0 Å². The number of nitrogens with two attached hydrogens (primary N) is 1. The maximum absolute atomic E-state index is 5.95. The molecule has 5 heteroatoms. The summed E-state index contributed by atoms with van der Waals surface area (Å²) in [4.78, 5) is 6.65. The highest BCUT2D eigenvalue weighted by Gasteiger charge is 2.19. The van der Waals surface area contributed by atoms with E-state index in [0.717, 1.165) is 25.4 Å². The minimum atomic E-state index is -0.315. The summed E-state index contributed by atoms with van der Waals surface area (Å²) in [6.07, 6.45) is 3.82. The molecule has 0 bridgehead atoms. The van der Waals surface area contributed by atoms with Crippen LogP contribution in [0.3, 0.4) is 0 Å². The van der Waals surface area contributed by atoms with Gasteiger partial charge in [-0.3, -0.25) is 0 Å². The maximum Gasteiger partial charge on any atom is 0.239 e. The molecule has 0 amide bonds. The summed E-state index contributed by atoms with van der Waals surface area (Å²) in [5, 5.41) is 0. The monoisotopic (exact) mass is 293 g/mol. The number of aromatic nitrogens is 1. The van der Waals surface area contributed by atoms with Crippen LogP contribution in [0.2, 0.25) is 0 Å². The van der Waals surface area contributed by atoms with Crippen LogP contribution < -0.4 is 15.4 Å². The average Bonchev–Trinajstić information content (AvgIpc) is 2.41. The lowest BCUT2D eigenvalue weighted by molar-refractivity contribution is 0.0215. The normalized spacial score (nSPS) is 19.3. The molecule has 0 aromatic carbocycles. The number of rotatable bonds is 4. The van der Waals surface area contributed by atoms with Gasteiger partial charge in [0.1, 0.15) is 11.4 Å². The summed E-state index contributed by atoms with van der Waals surface area (Å²) >= 11 is 0. The molecule has 1 aliphatic rings. The Hall–Kier alpha value is -1.49. The minimum absolute atomic E-state index is 0.287. The molecule has 2 N–H and O–H groups in total. The third kappa shape index (κ3) is 4.77. The lowest BCUT2D eigenvalue weighted by Gasteiger charge is -2.28. The van der Waals surface area contributed by atoms with Crippen molar-refractivity contribution in [2.75, 3.05) is 30.8 Å².